The molecule has 3 nitrogen and oxygen atoms in total. The van der Waals surface area contributed by atoms with Crippen LogP contribution in [0.15, 0.2) is 71.6 Å². The topological polar surface area (TPSA) is 37.4 Å². The molecule has 0 bridgehead atoms. The Morgan fingerprint density at radius 1 is 0.931 bits per heavy atom. The van der Waals surface area contributed by atoms with Gasteiger partial charge in [0.2, 0.25) is 0 Å². The molecule has 0 fully saturated rings. The zero-order valence-corrected chi connectivity index (χ0v) is 17.4. The van der Waals surface area contributed by atoms with Crippen molar-refractivity contribution in [3.63, 3.8) is 0 Å². The summed E-state index contributed by atoms with van der Waals surface area (Å²) in [5.41, 5.74) is 4.86. The maximum absolute atomic E-state index is 14.5. The van der Waals surface area contributed by atoms with E-state index in [0.717, 1.165) is 47.3 Å². The highest BCUT2D eigenvalue weighted by molar-refractivity contribution is 7.90. The summed E-state index contributed by atoms with van der Waals surface area (Å²) in [6.07, 6.45) is 2.07. The molecule has 0 aromatic heterocycles. The van der Waals surface area contributed by atoms with Gasteiger partial charge in [0, 0.05) is 18.7 Å². The van der Waals surface area contributed by atoms with Crippen LogP contribution in [-0.4, -0.2) is 33.2 Å². The number of halogens is 1. The van der Waals surface area contributed by atoms with E-state index < -0.39 is 9.84 Å². The van der Waals surface area contributed by atoms with E-state index in [-0.39, 0.29) is 11.7 Å². The van der Waals surface area contributed by atoms with Crippen molar-refractivity contribution in [2.24, 2.45) is 0 Å². The summed E-state index contributed by atoms with van der Waals surface area (Å²) in [4.78, 5) is 2.56. The zero-order chi connectivity index (χ0) is 20.6. The van der Waals surface area contributed by atoms with Gasteiger partial charge in [0.05, 0.1) is 4.90 Å². The predicted molar refractivity (Wildman–Crippen MR) is 114 cm³/mol. The van der Waals surface area contributed by atoms with Crippen LogP contribution in [0.25, 0.3) is 11.1 Å². The minimum Gasteiger partial charge on any atom is -0.302 e. The van der Waals surface area contributed by atoms with Gasteiger partial charge in [0.25, 0.3) is 0 Å². The molecule has 0 saturated heterocycles. The second-order valence-corrected chi connectivity index (χ2v) is 9.83. The van der Waals surface area contributed by atoms with Crippen LogP contribution in [0.4, 0.5) is 4.39 Å². The molecule has 5 heteroatoms. The first-order valence-electron chi connectivity index (χ1n) is 9.69. The van der Waals surface area contributed by atoms with Gasteiger partial charge in [-0.05, 0) is 72.1 Å². The summed E-state index contributed by atoms with van der Waals surface area (Å²) >= 11 is 0. The quantitative estimate of drug-likeness (QED) is 0.620. The fourth-order valence-corrected chi connectivity index (χ4v) is 4.79. The average Bonchev–Trinajstić information content (AvgIpc) is 2.85. The molecule has 150 valence electrons. The average molecular weight is 410 g/mol. The van der Waals surface area contributed by atoms with Crippen molar-refractivity contribution < 1.29 is 12.8 Å². The molecule has 0 N–H and O–H groups in total. The number of rotatable bonds is 3. The molecular formula is C24H24FNO2S. The van der Waals surface area contributed by atoms with Crippen LogP contribution in [-0.2, 0) is 16.4 Å². The monoisotopic (exact) mass is 409 g/mol. The summed E-state index contributed by atoms with van der Waals surface area (Å²) in [7, 11) is -1.19. The van der Waals surface area contributed by atoms with Crippen molar-refractivity contribution in [2.45, 2.75) is 23.8 Å². The van der Waals surface area contributed by atoms with E-state index in [1.165, 1.54) is 12.3 Å². The molecule has 1 aliphatic heterocycles. The van der Waals surface area contributed by atoms with Gasteiger partial charge < -0.3 is 4.90 Å². The lowest BCUT2D eigenvalue weighted by atomic mass is 9.85. The van der Waals surface area contributed by atoms with Gasteiger partial charge in [-0.25, -0.2) is 12.8 Å². The number of nitrogens with zero attached hydrogens (tertiary/aromatic N) is 1. The third-order valence-electron chi connectivity index (χ3n) is 5.63. The maximum Gasteiger partial charge on any atom is 0.175 e. The van der Waals surface area contributed by atoms with E-state index >= 15 is 0 Å². The molecule has 1 aliphatic rings. The molecular weight excluding hydrogens is 385 g/mol. The van der Waals surface area contributed by atoms with Gasteiger partial charge in [-0.15, -0.1) is 0 Å². The van der Waals surface area contributed by atoms with Crippen molar-refractivity contribution in [3.8, 4) is 11.1 Å². The number of sulfone groups is 1. The number of fused-ring (bicyclic) bond motifs is 1. The summed E-state index contributed by atoms with van der Waals surface area (Å²) < 4.78 is 38.4. The second kappa shape index (κ2) is 7.73. The lowest BCUT2D eigenvalue weighted by Crippen LogP contribution is -2.17. The highest BCUT2D eigenvalue weighted by atomic mass is 32.2. The van der Waals surface area contributed by atoms with Crippen molar-refractivity contribution in [3.05, 3.63) is 89.2 Å². The van der Waals surface area contributed by atoms with Gasteiger partial charge in [-0.3, -0.25) is 0 Å². The van der Waals surface area contributed by atoms with Crippen LogP contribution < -0.4 is 0 Å². The summed E-state index contributed by atoms with van der Waals surface area (Å²) in [5, 5.41) is 0. The fourth-order valence-electron chi connectivity index (χ4n) is 4.12. The fraction of sp³-hybridized carbons (Fsp3) is 0.250. The zero-order valence-electron chi connectivity index (χ0n) is 16.6. The molecule has 1 heterocycles. The molecule has 0 aliphatic carbocycles. The van der Waals surface area contributed by atoms with Gasteiger partial charge in [-0.1, -0.05) is 42.5 Å². The Balaban J connectivity index is 1.80. The molecule has 29 heavy (non-hydrogen) atoms. The summed E-state index contributed by atoms with van der Waals surface area (Å²) in [5.74, 6) is -0.162. The van der Waals surface area contributed by atoms with E-state index in [4.69, 9.17) is 0 Å². The Bertz CT molecular complexity index is 1160. The predicted octanol–water partition coefficient (Wildman–Crippen LogP) is 4.86. The Kier molecular flexibility index (Phi) is 5.28. The van der Waals surface area contributed by atoms with Gasteiger partial charge in [0.15, 0.2) is 9.84 Å². The SMILES string of the molecule is CN1CCC(c2ccccc2F)c2ccc(-c3cccc(S(C)(=O)=O)c3)cc2C1. The Morgan fingerprint density at radius 2 is 1.69 bits per heavy atom. The lowest BCUT2D eigenvalue weighted by Gasteiger charge is -2.19. The van der Waals surface area contributed by atoms with Crippen LogP contribution in [0.3, 0.4) is 0 Å². The van der Waals surface area contributed by atoms with Crippen molar-refractivity contribution in [2.75, 3.05) is 19.8 Å². The third-order valence-corrected chi connectivity index (χ3v) is 6.74. The summed E-state index contributed by atoms with van der Waals surface area (Å²) in [6.45, 7) is 1.66. The van der Waals surface area contributed by atoms with Crippen molar-refractivity contribution in [1.29, 1.82) is 0 Å². The van der Waals surface area contributed by atoms with Crippen LogP contribution >= 0.6 is 0 Å². The Hall–Kier alpha value is -2.50. The van der Waals surface area contributed by atoms with E-state index in [1.807, 2.05) is 24.3 Å². The maximum atomic E-state index is 14.5. The molecule has 1 atom stereocenters. The normalized spacial score (nSPS) is 17.6. The summed E-state index contributed by atoms with van der Waals surface area (Å²) in [6, 6.07) is 20.2. The van der Waals surface area contributed by atoms with Gasteiger partial charge in [-0.2, -0.15) is 0 Å². The van der Waals surface area contributed by atoms with Crippen LogP contribution in [0.1, 0.15) is 29.0 Å². The van der Waals surface area contributed by atoms with E-state index in [1.54, 1.807) is 24.3 Å². The van der Waals surface area contributed by atoms with Crippen LogP contribution in [0, 0.1) is 5.82 Å². The standard InChI is InChI=1S/C24H24FNO2S/c1-26-13-12-22(23-8-3-4-9-24(23)25)21-11-10-18(14-19(21)16-26)17-6-5-7-20(15-17)29(2,27)28/h3-11,14-15,22H,12-13,16H2,1-2H3. The highest BCUT2D eigenvalue weighted by Crippen LogP contribution is 2.37. The lowest BCUT2D eigenvalue weighted by molar-refractivity contribution is 0.328. The van der Waals surface area contributed by atoms with Gasteiger partial charge in [0.1, 0.15) is 5.82 Å². The van der Waals surface area contributed by atoms with E-state index in [0.29, 0.717) is 4.90 Å². The van der Waals surface area contributed by atoms with Crippen LogP contribution in [0.5, 0.6) is 0 Å². The minimum atomic E-state index is -3.26. The minimum absolute atomic E-state index is 0.00699. The van der Waals surface area contributed by atoms with Crippen LogP contribution in [0.2, 0.25) is 0 Å². The molecule has 3 aromatic rings. The number of hydrogen-bond donors (Lipinski definition) is 0. The molecule has 0 saturated carbocycles. The largest absolute Gasteiger partial charge is 0.302 e. The first-order valence-corrected chi connectivity index (χ1v) is 11.6. The Morgan fingerprint density at radius 3 is 2.45 bits per heavy atom. The molecule has 3 aromatic carbocycles. The van der Waals surface area contributed by atoms with Gasteiger partial charge >= 0.3 is 0 Å². The molecule has 4 rings (SSSR count). The second-order valence-electron chi connectivity index (χ2n) is 7.81. The highest BCUT2D eigenvalue weighted by Gasteiger charge is 2.24. The molecule has 1 unspecified atom stereocenters. The van der Waals surface area contributed by atoms with Crippen molar-refractivity contribution in [1.82, 2.24) is 4.90 Å². The van der Waals surface area contributed by atoms with E-state index in [2.05, 4.69) is 24.1 Å². The smallest absolute Gasteiger partial charge is 0.175 e. The molecule has 0 spiro atoms. The first kappa shape index (κ1) is 19.8. The Labute approximate surface area is 171 Å². The number of benzene rings is 3. The van der Waals surface area contributed by atoms with E-state index in [9.17, 15) is 12.8 Å². The molecule has 0 radical (unpaired) electrons. The van der Waals surface area contributed by atoms with Crippen molar-refractivity contribution >= 4 is 9.84 Å². The first-order chi connectivity index (χ1) is 13.8. The third kappa shape index (κ3) is 4.11. The molecule has 0 amide bonds. The number of hydrogen-bond acceptors (Lipinski definition) is 3.